The molecule has 166 valence electrons. The predicted octanol–water partition coefficient (Wildman–Crippen LogP) is 2.65. The molecule has 0 aliphatic rings. The molecule has 0 amide bonds. The van der Waals surface area contributed by atoms with E-state index in [-0.39, 0.29) is 28.7 Å². The van der Waals surface area contributed by atoms with Gasteiger partial charge >= 0.3 is 0 Å². The average molecular weight is 453 g/mol. The van der Waals surface area contributed by atoms with Crippen LogP contribution in [0, 0.1) is 11.6 Å². The molecule has 2 heterocycles. The Kier molecular flexibility index (Phi) is 7.07. The van der Waals surface area contributed by atoms with Gasteiger partial charge in [0.15, 0.2) is 11.6 Å². The van der Waals surface area contributed by atoms with E-state index in [9.17, 15) is 17.2 Å². The molecule has 0 bridgehead atoms. The molecular formula is C18H21F2N7O3S. The van der Waals surface area contributed by atoms with E-state index < -0.39 is 27.3 Å². The summed E-state index contributed by atoms with van der Waals surface area (Å²) in [6.07, 6.45) is 2.97. The molecule has 3 rings (SSSR count). The Bertz CT molecular complexity index is 1180. The third-order valence-corrected chi connectivity index (χ3v) is 5.52. The Hall–Kier alpha value is -3.19. The van der Waals surface area contributed by atoms with Crippen molar-refractivity contribution in [2.75, 3.05) is 41.4 Å². The van der Waals surface area contributed by atoms with Crippen LogP contribution in [-0.4, -0.2) is 54.4 Å². The van der Waals surface area contributed by atoms with E-state index in [1.165, 1.54) is 12.5 Å². The predicted molar refractivity (Wildman–Crippen MR) is 113 cm³/mol. The molecular weight excluding hydrogens is 432 g/mol. The fourth-order valence-corrected chi connectivity index (χ4v) is 3.78. The minimum absolute atomic E-state index is 0.0218. The first-order valence-electron chi connectivity index (χ1n) is 9.30. The highest BCUT2D eigenvalue weighted by Crippen LogP contribution is 2.30. The molecule has 10 nitrogen and oxygen atoms in total. The SMILES string of the molecule is CCCS(=O)(=O)Nc1ccc(F)c(Nc2ncnc3cnc(NCCOC)nc23)c1F. The van der Waals surface area contributed by atoms with Gasteiger partial charge in [-0.2, -0.15) is 0 Å². The molecule has 13 heteroatoms. The first kappa shape index (κ1) is 22.5. The third kappa shape index (κ3) is 5.49. The van der Waals surface area contributed by atoms with E-state index in [4.69, 9.17) is 4.74 Å². The molecule has 0 spiro atoms. The van der Waals surface area contributed by atoms with Crippen molar-refractivity contribution in [3.63, 3.8) is 0 Å². The van der Waals surface area contributed by atoms with E-state index in [0.29, 0.717) is 25.1 Å². The number of methoxy groups -OCH3 is 1. The summed E-state index contributed by atoms with van der Waals surface area (Å²) in [6, 6.07) is 1.96. The molecule has 0 radical (unpaired) electrons. The third-order valence-electron chi connectivity index (χ3n) is 4.04. The van der Waals surface area contributed by atoms with Gasteiger partial charge in [-0.15, -0.1) is 0 Å². The topological polar surface area (TPSA) is 131 Å². The number of nitrogens with one attached hydrogen (secondary N) is 3. The summed E-state index contributed by atoms with van der Waals surface area (Å²) in [5, 5.41) is 5.50. The van der Waals surface area contributed by atoms with E-state index in [1.807, 2.05) is 0 Å². The molecule has 0 fully saturated rings. The maximum Gasteiger partial charge on any atom is 0.232 e. The first-order valence-corrected chi connectivity index (χ1v) is 11.0. The Labute approximate surface area is 177 Å². The zero-order valence-corrected chi connectivity index (χ0v) is 17.6. The lowest BCUT2D eigenvalue weighted by Crippen LogP contribution is -2.17. The van der Waals surface area contributed by atoms with E-state index in [1.54, 1.807) is 14.0 Å². The van der Waals surface area contributed by atoms with Gasteiger partial charge in [0.25, 0.3) is 0 Å². The summed E-state index contributed by atoms with van der Waals surface area (Å²) >= 11 is 0. The van der Waals surface area contributed by atoms with Gasteiger partial charge in [-0.1, -0.05) is 6.92 Å². The second-order valence-corrected chi connectivity index (χ2v) is 8.24. The lowest BCUT2D eigenvalue weighted by Gasteiger charge is -2.14. The van der Waals surface area contributed by atoms with Crippen LogP contribution in [0.3, 0.4) is 0 Å². The van der Waals surface area contributed by atoms with Crippen LogP contribution < -0.4 is 15.4 Å². The number of sulfonamides is 1. The standard InChI is InChI=1S/C18H21F2N7O3S/c1-3-8-31(28,29)27-12-5-4-11(19)15(14(12)20)25-17-16-13(23-10-24-17)9-22-18(26-16)21-6-7-30-2/h4-5,9-10,27H,3,6-8H2,1-2H3,(H,21,22,26)(H,23,24,25). The molecule has 1 aromatic carbocycles. The lowest BCUT2D eigenvalue weighted by molar-refractivity contribution is 0.210. The van der Waals surface area contributed by atoms with Crippen LogP contribution in [0.1, 0.15) is 13.3 Å². The highest BCUT2D eigenvalue weighted by Gasteiger charge is 2.19. The smallest absolute Gasteiger partial charge is 0.232 e. The fraction of sp³-hybridized carbons (Fsp3) is 0.333. The lowest BCUT2D eigenvalue weighted by atomic mass is 10.2. The number of benzene rings is 1. The molecule has 0 saturated heterocycles. The first-order chi connectivity index (χ1) is 14.8. The van der Waals surface area contributed by atoms with E-state index in [0.717, 1.165) is 12.1 Å². The molecule has 0 unspecified atom stereocenters. The van der Waals surface area contributed by atoms with Crippen LogP contribution >= 0.6 is 0 Å². The molecule has 31 heavy (non-hydrogen) atoms. The monoisotopic (exact) mass is 453 g/mol. The van der Waals surface area contributed by atoms with Gasteiger partial charge in [-0.25, -0.2) is 37.1 Å². The van der Waals surface area contributed by atoms with Crippen LogP contribution in [0.2, 0.25) is 0 Å². The van der Waals surface area contributed by atoms with E-state index >= 15 is 0 Å². The Morgan fingerprint density at radius 2 is 1.97 bits per heavy atom. The van der Waals surface area contributed by atoms with Gasteiger partial charge in [0, 0.05) is 13.7 Å². The molecule has 0 aliphatic carbocycles. The van der Waals surface area contributed by atoms with Gasteiger partial charge in [-0.05, 0) is 18.6 Å². The number of ether oxygens (including phenoxy) is 1. The number of aromatic nitrogens is 4. The number of fused-ring (bicyclic) bond motifs is 1. The fourth-order valence-electron chi connectivity index (χ4n) is 2.65. The zero-order valence-electron chi connectivity index (χ0n) is 16.8. The van der Waals surface area contributed by atoms with Crippen LogP contribution in [0.4, 0.5) is 31.9 Å². The summed E-state index contributed by atoms with van der Waals surface area (Å²) in [7, 11) is -2.21. The van der Waals surface area contributed by atoms with Crippen molar-refractivity contribution in [2.24, 2.45) is 0 Å². The van der Waals surface area contributed by atoms with E-state index in [2.05, 4.69) is 35.3 Å². The quantitative estimate of drug-likeness (QED) is 0.397. The summed E-state index contributed by atoms with van der Waals surface area (Å²) in [4.78, 5) is 16.5. The second kappa shape index (κ2) is 9.75. The number of halogens is 2. The molecule has 0 aliphatic heterocycles. The molecule has 0 atom stereocenters. The minimum atomic E-state index is -3.77. The summed E-state index contributed by atoms with van der Waals surface area (Å²) in [5.74, 6) is -1.97. The molecule has 0 saturated carbocycles. The number of rotatable bonds is 10. The summed E-state index contributed by atoms with van der Waals surface area (Å²) in [6.45, 7) is 2.55. The minimum Gasteiger partial charge on any atom is -0.383 e. The Morgan fingerprint density at radius 1 is 1.16 bits per heavy atom. The highest BCUT2D eigenvalue weighted by atomic mass is 32.2. The highest BCUT2D eigenvalue weighted by molar-refractivity contribution is 7.92. The average Bonchev–Trinajstić information content (AvgIpc) is 2.73. The molecule has 3 aromatic rings. The van der Waals surface area contributed by atoms with Crippen LogP contribution in [0.25, 0.3) is 11.0 Å². The number of nitrogens with zero attached hydrogens (tertiary/aromatic N) is 4. The normalized spacial score (nSPS) is 11.5. The second-order valence-electron chi connectivity index (χ2n) is 6.40. The summed E-state index contributed by atoms with van der Waals surface area (Å²) in [5.41, 5.74) is -0.403. The summed E-state index contributed by atoms with van der Waals surface area (Å²) < 4.78 is 60.4. The van der Waals surface area contributed by atoms with Crippen molar-refractivity contribution < 1.29 is 21.9 Å². The Balaban J connectivity index is 1.96. The van der Waals surface area contributed by atoms with Gasteiger partial charge in [-0.3, -0.25) is 4.72 Å². The maximum atomic E-state index is 14.9. The zero-order chi connectivity index (χ0) is 22.4. The van der Waals surface area contributed by atoms with Gasteiger partial charge in [0.1, 0.15) is 28.9 Å². The number of hydrogen-bond acceptors (Lipinski definition) is 9. The van der Waals surface area contributed by atoms with Gasteiger partial charge in [0.2, 0.25) is 16.0 Å². The van der Waals surface area contributed by atoms with Crippen molar-refractivity contribution in [1.29, 1.82) is 0 Å². The molecule has 2 aromatic heterocycles. The van der Waals surface area contributed by atoms with Crippen molar-refractivity contribution in [1.82, 2.24) is 19.9 Å². The van der Waals surface area contributed by atoms with Crippen molar-refractivity contribution in [3.8, 4) is 0 Å². The Morgan fingerprint density at radius 3 is 2.71 bits per heavy atom. The van der Waals surface area contributed by atoms with Gasteiger partial charge < -0.3 is 15.4 Å². The van der Waals surface area contributed by atoms with Crippen molar-refractivity contribution >= 4 is 44.2 Å². The van der Waals surface area contributed by atoms with Crippen LogP contribution in [-0.2, 0) is 14.8 Å². The number of anilines is 4. The van der Waals surface area contributed by atoms with Gasteiger partial charge in [0.05, 0.1) is 24.2 Å². The number of hydrogen-bond donors (Lipinski definition) is 3. The molecule has 3 N–H and O–H groups in total. The van der Waals surface area contributed by atoms with Crippen molar-refractivity contribution in [3.05, 3.63) is 36.3 Å². The van der Waals surface area contributed by atoms with Crippen LogP contribution in [0.15, 0.2) is 24.7 Å². The maximum absolute atomic E-state index is 14.9. The van der Waals surface area contributed by atoms with Crippen LogP contribution in [0.5, 0.6) is 0 Å². The van der Waals surface area contributed by atoms with Crippen molar-refractivity contribution in [2.45, 2.75) is 13.3 Å². The largest absolute Gasteiger partial charge is 0.383 e.